The van der Waals surface area contributed by atoms with Crippen LogP contribution < -0.4 is 10.2 Å². The van der Waals surface area contributed by atoms with E-state index in [9.17, 15) is 4.79 Å². The van der Waals surface area contributed by atoms with Gasteiger partial charge in [-0.15, -0.1) is 11.3 Å². The molecule has 0 spiro atoms. The van der Waals surface area contributed by atoms with Crippen molar-refractivity contribution in [3.05, 3.63) is 86.7 Å². The van der Waals surface area contributed by atoms with E-state index in [0.717, 1.165) is 15.9 Å². The number of carbonyl (C=O) groups is 1. The standard InChI is InChI=1S/C25H27BrN2OS/c1-2-21-17-22(25(30-21)27-24(29)19-9-5-3-6-10-19)23(28-15-7-4-8-16-28)18-11-13-20(26)14-12-18/h3,5-6,9-14,17,23H,2,4,7-8,15-16H2,1H3,(H,27,29)/p+1/t23-/m0/s1. The highest BCUT2D eigenvalue weighted by molar-refractivity contribution is 9.10. The Morgan fingerprint density at radius 2 is 1.77 bits per heavy atom. The zero-order chi connectivity index (χ0) is 20.9. The maximum absolute atomic E-state index is 12.9. The van der Waals surface area contributed by atoms with Crippen molar-refractivity contribution >= 4 is 38.2 Å². The highest BCUT2D eigenvalue weighted by Gasteiger charge is 2.31. The summed E-state index contributed by atoms with van der Waals surface area (Å²) in [5.41, 5.74) is 3.26. The molecule has 1 atom stereocenters. The van der Waals surface area contributed by atoms with E-state index in [1.54, 1.807) is 16.2 Å². The van der Waals surface area contributed by atoms with Crippen LogP contribution in [0.2, 0.25) is 0 Å². The fraction of sp³-hybridized carbons (Fsp3) is 0.320. The predicted octanol–water partition coefficient (Wildman–Crippen LogP) is 5.48. The Morgan fingerprint density at radius 1 is 1.07 bits per heavy atom. The number of hydrogen-bond donors (Lipinski definition) is 2. The lowest BCUT2D eigenvalue weighted by Gasteiger charge is -2.32. The van der Waals surface area contributed by atoms with Gasteiger partial charge >= 0.3 is 0 Å². The first-order chi connectivity index (χ1) is 14.7. The first-order valence-electron chi connectivity index (χ1n) is 10.7. The molecular formula is C25H28BrN2OS+. The zero-order valence-corrected chi connectivity index (χ0v) is 19.7. The number of nitrogens with one attached hydrogen (secondary N) is 2. The lowest BCUT2D eigenvalue weighted by atomic mass is 9.96. The number of piperidine rings is 1. The summed E-state index contributed by atoms with van der Waals surface area (Å²) in [7, 11) is 0. The fourth-order valence-electron chi connectivity index (χ4n) is 4.29. The van der Waals surface area contributed by atoms with E-state index in [1.165, 1.54) is 48.4 Å². The van der Waals surface area contributed by atoms with E-state index in [0.29, 0.717) is 5.56 Å². The number of benzene rings is 2. The second-order valence-corrected chi connectivity index (χ2v) is 9.93. The van der Waals surface area contributed by atoms with Gasteiger partial charge < -0.3 is 10.2 Å². The number of carbonyl (C=O) groups excluding carboxylic acids is 1. The first-order valence-corrected chi connectivity index (χ1v) is 12.4. The summed E-state index contributed by atoms with van der Waals surface area (Å²) in [5, 5.41) is 4.23. The second-order valence-electron chi connectivity index (χ2n) is 7.87. The SMILES string of the molecule is CCc1cc([C@H](c2ccc(Br)cc2)[NH+]2CCCCC2)c(NC(=O)c2ccccc2)s1. The third-order valence-electron chi connectivity index (χ3n) is 5.84. The molecule has 2 aromatic carbocycles. The third kappa shape index (κ3) is 4.85. The number of hydrogen-bond acceptors (Lipinski definition) is 2. The molecule has 156 valence electrons. The smallest absolute Gasteiger partial charge is 0.256 e. The monoisotopic (exact) mass is 483 g/mol. The minimum absolute atomic E-state index is 0.0375. The number of amides is 1. The summed E-state index contributed by atoms with van der Waals surface area (Å²) >= 11 is 5.29. The van der Waals surface area contributed by atoms with Crippen molar-refractivity contribution in [3.8, 4) is 0 Å². The molecule has 3 aromatic rings. The van der Waals surface area contributed by atoms with Gasteiger partial charge in [-0.1, -0.05) is 53.2 Å². The van der Waals surface area contributed by atoms with Crippen LogP contribution in [-0.2, 0) is 6.42 Å². The molecule has 1 fully saturated rings. The Morgan fingerprint density at radius 3 is 2.43 bits per heavy atom. The molecule has 0 bridgehead atoms. The maximum Gasteiger partial charge on any atom is 0.256 e. The van der Waals surface area contributed by atoms with Crippen molar-refractivity contribution in [1.29, 1.82) is 0 Å². The van der Waals surface area contributed by atoms with Crippen LogP contribution in [0.4, 0.5) is 5.00 Å². The molecule has 1 aliphatic heterocycles. The maximum atomic E-state index is 12.9. The second kappa shape index (κ2) is 9.90. The van der Waals surface area contributed by atoms with Crippen LogP contribution in [-0.4, -0.2) is 19.0 Å². The quantitative estimate of drug-likeness (QED) is 0.477. The number of rotatable bonds is 6. The molecule has 3 nitrogen and oxygen atoms in total. The molecule has 0 aliphatic carbocycles. The Kier molecular flexibility index (Phi) is 7.03. The van der Waals surface area contributed by atoms with E-state index in [4.69, 9.17) is 0 Å². The molecule has 1 saturated heterocycles. The number of aryl methyl sites for hydroxylation is 1. The molecular weight excluding hydrogens is 456 g/mol. The minimum Gasteiger partial charge on any atom is -0.325 e. The number of likely N-dealkylation sites (tertiary alicyclic amines) is 1. The molecule has 0 radical (unpaired) electrons. The predicted molar refractivity (Wildman–Crippen MR) is 129 cm³/mol. The van der Waals surface area contributed by atoms with Crippen LogP contribution in [0.3, 0.4) is 0 Å². The Bertz CT molecular complexity index is 978. The van der Waals surface area contributed by atoms with E-state index in [2.05, 4.69) is 58.5 Å². The van der Waals surface area contributed by atoms with Gasteiger partial charge in [0.25, 0.3) is 5.91 Å². The van der Waals surface area contributed by atoms with Gasteiger partial charge in [0.2, 0.25) is 0 Å². The molecule has 30 heavy (non-hydrogen) atoms. The lowest BCUT2D eigenvalue weighted by molar-refractivity contribution is -0.930. The number of halogens is 1. The van der Waals surface area contributed by atoms with E-state index in [-0.39, 0.29) is 11.9 Å². The minimum atomic E-state index is -0.0375. The highest BCUT2D eigenvalue weighted by atomic mass is 79.9. The van der Waals surface area contributed by atoms with Crippen molar-refractivity contribution in [2.75, 3.05) is 18.4 Å². The van der Waals surface area contributed by atoms with Gasteiger partial charge in [0.15, 0.2) is 0 Å². The summed E-state index contributed by atoms with van der Waals surface area (Å²) in [6.07, 6.45) is 4.82. The van der Waals surface area contributed by atoms with Gasteiger partial charge in [0.1, 0.15) is 11.0 Å². The van der Waals surface area contributed by atoms with E-state index in [1.807, 2.05) is 30.3 Å². The normalized spacial score (nSPS) is 15.7. The van der Waals surface area contributed by atoms with Gasteiger partial charge in [-0.2, -0.15) is 0 Å². The molecule has 0 unspecified atom stereocenters. The number of thiophene rings is 1. The Labute approximate surface area is 191 Å². The van der Waals surface area contributed by atoms with Crippen molar-refractivity contribution in [1.82, 2.24) is 0 Å². The van der Waals surface area contributed by atoms with Gasteiger partial charge in [0, 0.05) is 26.0 Å². The zero-order valence-electron chi connectivity index (χ0n) is 17.3. The van der Waals surface area contributed by atoms with Crippen LogP contribution in [0, 0.1) is 0 Å². The summed E-state index contributed by atoms with van der Waals surface area (Å²) in [4.78, 5) is 15.8. The van der Waals surface area contributed by atoms with Crippen LogP contribution >= 0.6 is 27.3 Å². The van der Waals surface area contributed by atoms with Crippen molar-refractivity contribution < 1.29 is 9.69 Å². The summed E-state index contributed by atoms with van der Waals surface area (Å²) in [5.74, 6) is -0.0375. The average molecular weight is 484 g/mol. The summed E-state index contributed by atoms with van der Waals surface area (Å²) in [6.45, 7) is 4.52. The summed E-state index contributed by atoms with van der Waals surface area (Å²) < 4.78 is 1.09. The number of anilines is 1. The Balaban J connectivity index is 1.73. The van der Waals surface area contributed by atoms with Crippen molar-refractivity contribution in [3.63, 3.8) is 0 Å². The van der Waals surface area contributed by atoms with Crippen molar-refractivity contribution in [2.45, 2.75) is 38.6 Å². The summed E-state index contributed by atoms with van der Waals surface area (Å²) in [6, 6.07) is 20.7. The van der Waals surface area contributed by atoms with E-state index < -0.39 is 0 Å². The van der Waals surface area contributed by atoms with Gasteiger partial charge in [-0.3, -0.25) is 4.79 Å². The first kappa shape index (κ1) is 21.3. The fourth-order valence-corrected chi connectivity index (χ4v) is 5.59. The van der Waals surface area contributed by atoms with Gasteiger partial charge in [0.05, 0.1) is 13.1 Å². The molecule has 1 aromatic heterocycles. The Hall–Kier alpha value is -1.95. The molecule has 2 N–H and O–H groups in total. The lowest BCUT2D eigenvalue weighted by Crippen LogP contribution is -3.13. The van der Waals surface area contributed by atoms with Crippen LogP contribution in [0.1, 0.15) is 58.6 Å². The van der Waals surface area contributed by atoms with Crippen LogP contribution in [0.5, 0.6) is 0 Å². The van der Waals surface area contributed by atoms with Gasteiger partial charge in [-0.05, 0) is 56.0 Å². The molecule has 2 heterocycles. The van der Waals surface area contributed by atoms with Crippen molar-refractivity contribution in [2.24, 2.45) is 0 Å². The largest absolute Gasteiger partial charge is 0.325 e. The van der Waals surface area contributed by atoms with Gasteiger partial charge in [-0.25, -0.2) is 0 Å². The molecule has 1 aliphatic rings. The average Bonchev–Trinajstić information content (AvgIpc) is 3.19. The topological polar surface area (TPSA) is 33.5 Å². The number of quaternary nitrogens is 1. The highest BCUT2D eigenvalue weighted by Crippen LogP contribution is 2.36. The third-order valence-corrected chi connectivity index (χ3v) is 7.58. The molecule has 4 rings (SSSR count). The molecule has 0 saturated carbocycles. The molecule has 1 amide bonds. The van der Waals surface area contributed by atoms with E-state index >= 15 is 0 Å². The van der Waals surface area contributed by atoms with Crippen LogP contribution in [0.15, 0.2) is 65.1 Å². The molecule has 5 heteroatoms. The van der Waals surface area contributed by atoms with Crippen LogP contribution in [0.25, 0.3) is 0 Å².